The minimum Gasteiger partial charge on any atom is -0.467 e. The second-order valence-corrected chi connectivity index (χ2v) is 12.2. The van der Waals surface area contributed by atoms with Crippen LogP contribution in [0, 0.1) is 11.3 Å². The molecule has 0 aliphatic heterocycles. The van der Waals surface area contributed by atoms with Crippen molar-refractivity contribution in [2.75, 3.05) is 0 Å². The van der Waals surface area contributed by atoms with E-state index in [-0.39, 0.29) is 11.3 Å². The molecule has 3 heterocycles. The van der Waals surface area contributed by atoms with Crippen LogP contribution in [0.4, 0.5) is 5.00 Å². The third-order valence-electron chi connectivity index (χ3n) is 6.84. The summed E-state index contributed by atoms with van der Waals surface area (Å²) in [4.78, 5) is 19.4. The molecule has 5 rings (SSSR count). The Balaban J connectivity index is 1.43. The van der Waals surface area contributed by atoms with Gasteiger partial charge in [0.2, 0.25) is 0 Å². The summed E-state index contributed by atoms with van der Waals surface area (Å²) in [7, 11) is 0. The van der Waals surface area contributed by atoms with Gasteiger partial charge < -0.3 is 14.2 Å². The Labute approximate surface area is 230 Å². The molecule has 1 N–H and O–H groups in total. The Morgan fingerprint density at radius 2 is 2.03 bits per heavy atom. The van der Waals surface area contributed by atoms with Crippen LogP contribution in [0.2, 0.25) is 10.0 Å². The summed E-state index contributed by atoms with van der Waals surface area (Å²) < 4.78 is 11.4. The third-order valence-corrected chi connectivity index (χ3v) is 8.74. The van der Waals surface area contributed by atoms with Gasteiger partial charge in [0.15, 0.2) is 0 Å². The number of carbonyl (C=O) groups excluding carboxylic acids is 1. The predicted molar refractivity (Wildman–Crippen MR) is 151 cm³/mol. The van der Waals surface area contributed by atoms with Crippen LogP contribution in [0.3, 0.4) is 0 Å². The summed E-state index contributed by atoms with van der Waals surface area (Å²) in [6.07, 6.45) is 6.16. The maximum absolute atomic E-state index is 13.4. The normalized spacial score (nSPS) is 15.8. The first-order valence-corrected chi connectivity index (χ1v) is 13.8. The van der Waals surface area contributed by atoms with E-state index < -0.39 is 0 Å². The number of thiophene rings is 1. The molecule has 1 atom stereocenters. The maximum atomic E-state index is 13.4. The molecule has 5 nitrogen and oxygen atoms in total. The van der Waals surface area contributed by atoms with E-state index in [0.29, 0.717) is 50.4 Å². The highest BCUT2D eigenvalue weighted by Crippen LogP contribution is 2.45. The predicted octanol–water partition coefficient (Wildman–Crippen LogP) is 8.74. The number of benzene rings is 1. The highest BCUT2D eigenvalue weighted by Gasteiger charge is 2.33. The van der Waals surface area contributed by atoms with Crippen molar-refractivity contribution in [3.8, 4) is 11.3 Å². The average Bonchev–Trinajstić information content (AvgIpc) is 3.61. The summed E-state index contributed by atoms with van der Waals surface area (Å²) in [5.41, 5.74) is 2.81. The van der Waals surface area contributed by atoms with E-state index in [9.17, 15) is 4.79 Å². The lowest BCUT2D eigenvalue weighted by Crippen LogP contribution is -2.28. The van der Waals surface area contributed by atoms with Crippen LogP contribution >= 0.6 is 34.5 Å². The Morgan fingerprint density at radius 1 is 1.19 bits per heavy atom. The molecule has 8 heteroatoms. The largest absolute Gasteiger partial charge is 0.467 e. The van der Waals surface area contributed by atoms with Crippen LogP contribution in [-0.2, 0) is 19.4 Å². The summed E-state index contributed by atoms with van der Waals surface area (Å²) >= 11 is 13.8. The summed E-state index contributed by atoms with van der Waals surface area (Å²) in [6, 6.07) is 12.7. The Hall–Kier alpha value is -2.80. The zero-order valence-electron chi connectivity index (χ0n) is 20.9. The Bertz CT molecular complexity index is 1440. The summed E-state index contributed by atoms with van der Waals surface area (Å²) in [5.74, 6) is 2.39. The van der Waals surface area contributed by atoms with E-state index in [1.54, 1.807) is 35.9 Å². The molecule has 1 aliphatic rings. The number of hydrogen-bond acceptors (Lipinski definition) is 5. The Morgan fingerprint density at radius 3 is 2.76 bits per heavy atom. The second-order valence-electron chi connectivity index (χ2n) is 10.3. The van der Waals surface area contributed by atoms with Gasteiger partial charge in [-0.2, -0.15) is 0 Å². The van der Waals surface area contributed by atoms with E-state index >= 15 is 0 Å². The molecule has 1 amide bonds. The number of fused-ring (bicyclic) bond motifs is 1. The first-order valence-electron chi connectivity index (χ1n) is 12.2. The molecule has 0 fully saturated rings. The van der Waals surface area contributed by atoms with Crippen molar-refractivity contribution in [3.05, 3.63) is 86.3 Å². The standard InChI is InChI=1S/C29H28Cl2N2O3S/c1-29(2,3)18-7-9-21-25(14-18)37-28(26(21)27(34)32-15-19-5-4-12-35-19)33-16-20-8-11-24(36-20)17-6-10-22(30)23(31)13-17/h4-6,8,10-13,16,18H,7,9,14-15H2,1-3H3,(H,32,34)/t18-/m0/s1. The number of furan rings is 2. The molecule has 1 aromatic carbocycles. The fourth-order valence-electron chi connectivity index (χ4n) is 4.65. The van der Waals surface area contributed by atoms with Crippen molar-refractivity contribution < 1.29 is 13.6 Å². The first-order chi connectivity index (χ1) is 17.7. The topological polar surface area (TPSA) is 67.7 Å². The molecular weight excluding hydrogens is 527 g/mol. The van der Waals surface area contributed by atoms with E-state index in [0.717, 1.165) is 30.4 Å². The van der Waals surface area contributed by atoms with Gasteiger partial charge in [0.05, 0.1) is 34.6 Å². The quantitative estimate of drug-likeness (QED) is 0.242. The third kappa shape index (κ3) is 5.71. The maximum Gasteiger partial charge on any atom is 0.255 e. The molecule has 0 saturated carbocycles. The lowest BCUT2D eigenvalue weighted by atomic mass is 9.72. The molecule has 0 bridgehead atoms. The monoisotopic (exact) mass is 554 g/mol. The highest BCUT2D eigenvalue weighted by atomic mass is 35.5. The van der Waals surface area contributed by atoms with Gasteiger partial charge in [0.25, 0.3) is 5.91 Å². The lowest BCUT2D eigenvalue weighted by molar-refractivity contribution is 0.0947. The van der Waals surface area contributed by atoms with Crippen LogP contribution < -0.4 is 5.32 Å². The van der Waals surface area contributed by atoms with Gasteiger partial charge in [0.1, 0.15) is 22.3 Å². The molecule has 0 saturated heterocycles. The molecule has 37 heavy (non-hydrogen) atoms. The fraction of sp³-hybridized carbons (Fsp3) is 0.310. The van der Waals surface area contributed by atoms with Gasteiger partial charge in [0, 0.05) is 10.4 Å². The van der Waals surface area contributed by atoms with Crippen molar-refractivity contribution in [3.63, 3.8) is 0 Å². The molecule has 0 unspecified atom stereocenters. The first kappa shape index (κ1) is 25.8. The van der Waals surface area contributed by atoms with Gasteiger partial charge >= 0.3 is 0 Å². The average molecular weight is 556 g/mol. The summed E-state index contributed by atoms with van der Waals surface area (Å²) in [5, 5.41) is 4.66. The SMILES string of the molecule is CC(C)(C)[C@H]1CCc2c(sc(N=Cc3ccc(-c4ccc(Cl)c(Cl)c4)o3)c2C(=O)NCc2ccco2)C1. The fourth-order valence-corrected chi connectivity index (χ4v) is 6.22. The number of amides is 1. The van der Waals surface area contributed by atoms with E-state index in [1.807, 2.05) is 30.3 Å². The van der Waals surface area contributed by atoms with Crippen molar-refractivity contribution in [1.82, 2.24) is 5.32 Å². The number of hydrogen-bond donors (Lipinski definition) is 1. The number of rotatable bonds is 6. The summed E-state index contributed by atoms with van der Waals surface area (Å²) in [6.45, 7) is 7.19. The van der Waals surface area contributed by atoms with Gasteiger partial charge in [-0.25, -0.2) is 4.99 Å². The number of halogens is 2. The van der Waals surface area contributed by atoms with Gasteiger partial charge in [-0.3, -0.25) is 4.79 Å². The number of aliphatic imine (C=N–C) groups is 1. The zero-order valence-corrected chi connectivity index (χ0v) is 23.3. The van der Waals surface area contributed by atoms with Crippen LogP contribution in [0.1, 0.15) is 59.5 Å². The molecular formula is C29H28Cl2N2O3S. The van der Waals surface area contributed by atoms with Crippen molar-refractivity contribution in [2.24, 2.45) is 16.3 Å². The molecule has 192 valence electrons. The number of nitrogens with one attached hydrogen (secondary N) is 1. The van der Waals surface area contributed by atoms with E-state index in [2.05, 4.69) is 26.1 Å². The van der Waals surface area contributed by atoms with Gasteiger partial charge in [-0.05, 0) is 78.6 Å². The minimum absolute atomic E-state index is 0.133. The molecule has 0 spiro atoms. The van der Waals surface area contributed by atoms with Crippen molar-refractivity contribution in [2.45, 2.75) is 46.6 Å². The van der Waals surface area contributed by atoms with Crippen LogP contribution in [0.5, 0.6) is 0 Å². The zero-order chi connectivity index (χ0) is 26.2. The van der Waals surface area contributed by atoms with Gasteiger partial charge in [-0.15, -0.1) is 11.3 Å². The molecule has 0 radical (unpaired) electrons. The molecule has 1 aliphatic carbocycles. The Kier molecular flexibility index (Phi) is 7.35. The minimum atomic E-state index is -0.133. The van der Waals surface area contributed by atoms with Crippen molar-refractivity contribution in [1.29, 1.82) is 0 Å². The van der Waals surface area contributed by atoms with Crippen LogP contribution in [0.25, 0.3) is 11.3 Å². The van der Waals surface area contributed by atoms with E-state index in [1.165, 1.54) is 4.88 Å². The van der Waals surface area contributed by atoms with Crippen LogP contribution in [0.15, 0.2) is 62.6 Å². The number of nitrogens with zero attached hydrogens (tertiary/aromatic N) is 1. The van der Waals surface area contributed by atoms with Crippen LogP contribution in [-0.4, -0.2) is 12.1 Å². The molecule has 3 aromatic heterocycles. The van der Waals surface area contributed by atoms with E-state index in [4.69, 9.17) is 37.0 Å². The number of carbonyl (C=O) groups is 1. The smallest absolute Gasteiger partial charge is 0.255 e. The molecule has 4 aromatic rings. The van der Waals surface area contributed by atoms with Gasteiger partial charge in [-0.1, -0.05) is 44.0 Å². The second kappa shape index (κ2) is 10.5. The lowest BCUT2D eigenvalue weighted by Gasteiger charge is -2.33. The highest BCUT2D eigenvalue weighted by molar-refractivity contribution is 7.16. The van der Waals surface area contributed by atoms with Crippen molar-refractivity contribution >= 4 is 51.7 Å².